The van der Waals surface area contributed by atoms with Crippen LogP contribution in [0.1, 0.15) is 24.6 Å². The van der Waals surface area contributed by atoms with Crippen molar-refractivity contribution in [1.82, 2.24) is 15.1 Å². The summed E-state index contributed by atoms with van der Waals surface area (Å²) >= 11 is 1.79. The van der Waals surface area contributed by atoms with Crippen LogP contribution >= 0.6 is 11.3 Å². The fourth-order valence-corrected chi connectivity index (χ4v) is 2.89. The molecule has 0 saturated heterocycles. The lowest BCUT2D eigenvalue weighted by atomic mass is 10.2. The van der Waals surface area contributed by atoms with Gasteiger partial charge in [0.05, 0.1) is 5.69 Å². The minimum Gasteiger partial charge on any atom is -0.316 e. The minimum absolute atomic E-state index is 0.929. The van der Waals surface area contributed by atoms with Gasteiger partial charge in [-0.1, -0.05) is 6.92 Å². The Hall–Kier alpha value is -1.13. The van der Waals surface area contributed by atoms with Crippen molar-refractivity contribution in [2.24, 2.45) is 0 Å². The first-order chi connectivity index (χ1) is 8.24. The van der Waals surface area contributed by atoms with Crippen LogP contribution in [-0.2, 0) is 13.1 Å². The average molecular weight is 249 g/mol. The Morgan fingerprint density at radius 2 is 2.29 bits per heavy atom. The van der Waals surface area contributed by atoms with Crippen LogP contribution in [0, 0.1) is 6.92 Å². The number of rotatable bonds is 5. The summed E-state index contributed by atoms with van der Waals surface area (Å²) in [4.78, 5) is 1.31. The molecule has 0 unspecified atom stereocenters. The van der Waals surface area contributed by atoms with Gasteiger partial charge in [-0.05, 0) is 37.4 Å². The maximum atomic E-state index is 4.54. The molecule has 0 fully saturated rings. The second kappa shape index (κ2) is 5.47. The third-order valence-electron chi connectivity index (χ3n) is 2.70. The second-order valence-electron chi connectivity index (χ2n) is 4.24. The van der Waals surface area contributed by atoms with E-state index in [0.717, 1.165) is 25.2 Å². The van der Waals surface area contributed by atoms with Gasteiger partial charge in [0.15, 0.2) is 0 Å². The van der Waals surface area contributed by atoms with Gasteiger partial charge in [0.1, 0.15) is 0 Å². The molecular weight excluding hydrogens is 230 g/mol. The first-order valence-electron chi connectivity index (χ1n) is 6.01. The summed E-state index contributed by atoms with van der Waals surface area (Å²) in [7, 11) is 1.97. The molecule has 0 aliphatic carbocycles. The molecule has 17 heavy (non-hydrogen) atoms. The highest BCUT2D eigenvalue weighted by Crippen LogP contribution is 2.29. The molecule has 2 rings (SSSR count). The molecule has 0 aliphatic heterocycles. The predicted octanol–water partition coefficient (Wildman–Crippen LogP) is 3.05. The van der Waals surface area contributed by atoms with E-state index in [0.29, 0.717) is 0 Å². The quantitative estimate of drug-likeness (QED) is 0.882. The summed E-state index contributed by atoms with van der Waals surface area (Å²) < 4.78 is 2.04. The summed E-state index contributed by atoms with van der Waals surface area (Å²) in [5.41, 5.74) is 3.73. The standard InChI is InChI=1S/C13H19N3S/c1-4-5-16-8-12(10(2)15-16)13-6-11(7-14-3)9-17-13/h6,8-9,14H,4-5,7H2,1-3H3. The van der Waals surface area contributed by atoms with Gasteiger partial charge < -0.3 is 5.32 Å². The van der Waals surface area contributed by atoms with Crippen molar-refractivity contribution in [1.29, 1.82) is 0 Å². The molecule has 0 amide bonds. The Morgan fingerprint density at radius 3 is 3.00 bits per heavy atom. The SMILES string of the molecule is CCCn1cc(-c2cc(CNC)cs2)c(C)n1. The molecule has 0 radical (unpaired) electrons. The summed E-state index contributed by atoms with van der Waals surface area (Å²) in [6.07, 6.45) is 3.28. The van der Waals surface area contributed by atoms with Gasteiger partial charge in [0, 0.05) is 29.7 Å². The largest absolute Gasteiger partial charge is 0.316 e. The van der Waals surface area contributed by atoms with E-state index in [4.69, 9.17) is 0 Å². The van der Waals surface area contributed by atoms with Crippen molar-refractivity contribution < 1.29 is 0 Å². The lowest BCUT2D eigenvalue weighted by molar-refractivity contribution is 0.598. The molecule has 2 aromatic rings. The van der Waals surface area contributed by atoms with E-state index >= 15 is 0 Å². The molecule has 0 aromatic carbocycles. The van der Waals surface area contributed by atoms with Gasteiger partial charge in [-0.2, -0.15) is 5.10 Å². The number of aromatic nitrogens is 2. The monoisotopic (exact) mass is 249 g/mol. The van der Waals surface area contributed by atoms with Crippen molar-refractivity contribution in [2.45, 2.75) is 33.4 Å². The zero-order chi connectivity index (χ0) is 12.3. The molecule has 1 N–H and O–H groups in total. The molecule has 0 aliphatic rings. The van der Waals surface area contributed by atoms with Crippen LogP contribution < -0.4 is 5.32 Å². The summed E-state index contributed by atoms with van der Waals surface area (Å²) in [5.74, 6) is 0. The van der Waals surface area contributed by atoms with Crippen LogP contribution in [0.2, 0.25) is 0 Å². The summed E-state index contributed by atoms with van der Waals surface area (Å²) in [6, 6.07) is 2.25. The molecule has 0 spiro atoms. The van der Waals surface area contributed by atoms with Gasteiger partial charge in [-0.25, -0.2) is 0 Å². The third kappa shape index (κ3) is 2.76. The van der Waals surface area contributed by atoms with Crippen LogP contribution in [0.25, 0.3) is 10.4 Å². The van der Waals surface area contributed by atoms with E-state index in [1.807, 2.05) is 11.7 Å². The number of hydrogen-bond acceptors (Lipinski definition) is 3. The number of nitrogens with one attached hydrogen (secondary N) is 1. The van der Waals surface area contributed by atoms with Crippen molar-refractivity contribution in [3.63, 3.8) is 0 Å². The average Bonchev–Trinajstić information content (AvgIpc) is 2.87. The number of thiophene rings is 1. The highest BCUT2D eigenvalue weighted by atomic mass is 32.1. The zero-order valence-electron chi connectivity index (χ0n) is 10.7. The third-order valence-corrected chi connectivity index (χ3v) is 3.71. The van der Waals surface area contributed by atoms with Crippen LogP contribution in [0.4, 0.5) is 0 Å². The highest BCUT2D eigenvalue weighted by Gasteiger charge is 2.09. The molecule has 4 heteroatoms. The molecule has 0 saturated carbocycles. The Morgan fingerprint density at radius 1 is 1.47 bits per heavy atom. The smallest absolute Gasteiger partial charge is 0.0680 e. The molecule has 92 valence electrons. The number of aryl methyl sites for hydroxylation is 2. The first kappa shape index (κ1) is 12.3. The molecule has 2 aromatic heterocycles. The molecule has 0 bridgehead atoms. The molecule has 0 atom stereocenters. The maximum Gasteiger partial charge on any atom is 0.0680 e. The molecule has 3 nitrogen and oxygen atoms in total. The van der Waals surface area contributed by atoms with Crippen molar-refractivity contribution in [3.05, 3.63) is 28.9 Å². The zero-order valence-corrected chi connectivity index (χ0v) is 11.5. The van der Waals surface area contributed by atoms with E-state index in [-0.39, 0.29) is 0 Å². The van der Waals surface area contributed by atoms with Crippen molar-refractivity contribution in [3.8, 4) is 10.4 Å². The second-order valence-corrected chi connectivity index (χ2v) is 5.15. The van der Waals surface area contributed by atoms with Crippen LogP contribution in [0.3, 0.4) is 0 Å². The summed E-state index contributed by atoms with van der Waals surface area (Å²) in [5, 5.41) is 9.93. The van der Waals surface area contributed by atoms with Crippen molar-refractivity contribution in [2.75, 3.05) is 7.05 Å². The van der Waals surface area contributed by atoms with E-state index in [1.165, 1.54) is 16.0 Å². The van der Waals surface area contributed by atoms with Gasteiger partial charge in [0.2, 0.25) is 0 Å². The van der Waals surface area contributed by atoms with Crippen LogP contribution in [0.15, 0.2) is 17.6 Å². The Bertz CT molecular complexity index is 485. The first-order valence-corrected chi connectivity index (χ1v) is 6.89. The van der Waals surface area contributed by atoms with E-state index in [2.05, 4.69) is 41.9 Å². The number of hydrogen-bond donors (Lipinski definition) is 1. The lowest BCUT2D eigenvalue weighted by Gasteiger charge is -1.94. The minimum atomic E-state index is 0.929. The fourth-order valence-electron chi connectivity index (χ4n) is 1.92. The summed E-state index contributed by atoms with van der Waals surface area (Å²) in [6.45, 7) is 6.18. The normalized spacial score (nSPS) is 11.0. The fraction of sp³-hybridized carbons (Fsp3) is 0.462. The maximum absolute atomic E-state index is 4.54. The van der Waals surface area contributed by atoms with Crippen LogP contribution in [0.5, 0.6) is 0 Å². The van der Waals surface area contributed by atoms with Crippen LogP contribution in [-0.4, -0.2) is 16.8 Å². The van der Waals surface area contributed by atoms with Gasteiger partial charge in [0.25, 0.3) is 0 Å². The molecular formula is C13H19N3S. The Kier molecular flexibility index (Phi) is 3.97. The van der Waals surface area contributed by atoms with E-state index in [1.54, 1.807) is 11.3 Å². The van der Waals surface area contributed by atoms with Gasteiger partial charge in [-0.3, -0.25) is 4.68 Å². The Labute approximate surface area is 106 Å². The predicted molar refractivity (Wildman–Crippen MR) is 73.3 cm³/mol. The van der Waals surface area contributed by atoms with Crippen molar-refractivity contribution >= 4 is 11.3 Å². The Balaban J connectivity index is 2.25. The van der Waals surface area contributed by atoms with E-state index in [9.17, 15) is 0 Å². The van der Waals surface area contributed by atoms with E-state index < -0.39 is 0 Å². The topological polar surface area (TPSA) is 29.9 Å². The molecule has 2 heterocycles. The number of nitrogens with zero attached hydrogens (tertiary/aromatic N) is 2. The van der Waals surface area contributed by atoms with Gasteiger partial charge >= 0.3 is 0 Å². The highest BCUT2D eigenvalue weighted by molar-refractivity contribution is 7.13. The lowest BCUT2D eigenvalue weighted by Crippen LogP contribution is -2.03. The van der Waals surface area contributed by atoms with Gasteiger partial charge in [-0.15, -0.1) is 11.3 Å².